The van der Waals surface area contributed by atoms with Gasteiger partial charge in [-0.2, -0.15) is 0 Å². The molecule has 1 aromatic heterocycles. The van der Waals surface area contributed by atoms with E-state index in [0.29, 0.717) is 19.6 Å². The smallest absolute Gasteiger partial charge is 0.359 e. The third kappa shape index (κ3) is 4.35. The first-order chi connectivity index (χ1) is 14.4. The average molecular weight is 421 g/mol. The van der Waals surface area contributed by atoms with Gasteiger partial charge in [0.1, 0.15) is 11.2 Å². The summed E-state index contributed by atoms with van der Waals surface area (Å²) >= 11 is 0. The van der Waals surface area contributed by atoms with Gasteiger partial charge in [0.05, 0.1) is 20.0 Å². The minimum Gasteiger partial charge on any atom is -0.464 e. The predicted octanol–water partition coefficient (Wildman–Crippen LogP) is 1.76. The van der Waals surface area contributed by atoms with E-state index in [4.69, 9.17) is 9.47 Å². The van der Waals surface area contributed by atoms with E-state index in [1.165, 1.54) is 26.3 Å². The van der Waals surface area contributed by atoms with Crippen molar-refractivity contribution in [1.82, 2.24) is 19.8 Å². The Hall–Kier alpha value is -2.42. The predicted molar refractivity (Wildman–Crippen MR) is 109 cm³/mol. The zero-order valence-electron chi connectivity index (χ0n) is 18.1. The lowest BCUT2D eigenvalue weighted by Gasteiger charge is -2.44. The van der Waals surface area contributed by atoms with Gasteiger partial charge in [-0.1, -0.05) is 25.7 Å². The van der Waals surface area contributed by atoms with Crippen molar-refractivity contribution in [3.8, 4) is 0 Å². The Morgan fingerprint density at radius 3 is 2.57 bits per heavy atom. The van der Waals surface area contributed by atoms with Crippen molar-refractivity contribution in [2.45, 2.75) is 70.0 Å². The molecule has 2 heterocycles. The van der Waals surface area contributed by atoms with Crippen LogP contribution < -0.4 is 5.32 Å². The Labute approximate surface area is 177 Å². The van der Waals surface area contributed by atoms with E-state index in [9.17, 15) is 14.4 Å². The summed E-state index contributed by atoms with van der Waals surface area (Å²) in [5.74, 6) is -1.23. The second-order valence-electron chi connectivity index (χ2n) is 8.30. The largest absolute Gasteiger partial charge is 0.464 e. The van der Waals surface area contributed by atoms with Crippen LogP contribution in [-0.2, 0) is 20.8 Å². The van der Waals surface area contributed by atoms with Crippen LogP contribution in [0.25, 0.3) is 0 Å². The maximum absolute atomic E-state index is 13.4. The highest BCUT2D eigenvalue weighted by Crippen LogP contribution is 2.30. The van der Waals surface area contributed by atoms with E-state index >= 15 is 0 Å². The Kier molecular flexibility index (Phi) is 7.12. The van der Waals surface area contributed by atoms with Gasteiger partial charge in [-0.3, -0.25) is 9.59 Å². The number of nitrogens with zero attached hydrogens (tertiary/aromatic N) is 3. The van der Waals surface area contributed by atoms with Gasteiger partial charge in [-0.25, -0.2) is 9.78 Å². The highest BCUT2D eigenvalue weighted by Gasteiger charge is 2.49. The fourth-order valence-electron chi connectivity index (χ4n) is 4.42. The molecular formula is C21H32N4O5. The third-order valence-electron chi connectivity index (χ3n) is 6.15. The molecule has 9 nitrogen and oxygen atoms in total. The number of hydrogen-bond donors (Lipinski definition) is 1. The topological polar surface area (TPSA) is 103 Å². The van der Waals surface area contributed by atoms with Crippen LogP contribution in [0, 0.1) is 0 Å². The molecule has 0 bridgehead atoms. The molecule has 0 spiro atoms. The first-order valence-corrected chi connectivity index (χ1v) is 10.7. The molecule has 1 aromatic rings. The van der Waals surface area contributed by atoms with Gasteiger partial charge in [0.25, 0.3) is 5.91 Å². The number of esters is 1. The van der Waals surface area contributed by atoms with Crippen LogP contribution in [0.1, 0.15) is 72.8 Å². The van der Waals surface area contributed by atoms with Crippen LogP contribution in [0.4, 0.5) is 0 Å². The van der Waals surface area contributed by atoms with E-state index in [1.54, 1.807) is 23.5 Å². The molecule has 2 aliphatic rings. The van der Waals surface area contributed by atoms with E-state index < -0.39 is 17.4 Å². The Bertz CT molecular complexity index is 784. The zero-order valence-corrected chi connectivity index (χ0v) is 18.1. The third-order valence-corrected chi connectivity index (χ3v) is 6.15. The summed E-state index contributed by atoms with van der Waals surface area (Å²) in [7, 11) is 2.85. The number of rotatable bonds is 7. The molecule has 1 N–H and O–H groups in total. The van der Waals surface area contributed by atoms with Gasteiger partial charge >= 0.3 is 5.97 Å². The number of amides is 2. The summed E-state index contributed by atoms with van der Waals surface area (Å²) in [4.78, 5) is 44.6. The van der Waals surface area contributed by atoms with Gasteiger partial charge in [-0.05, 0) is 26.2 Å². The lowest BCUT2D eigenvalue weighted by molar-refractivity contribution is -0.133. The van der Waals surface area contributed by atoms with E-state index in [-0.39, 0.29) is 29.9 Å². The van der Waals surface area contributed by atoms with Crippen molar-refractivity contribution < 1.29 is 23.9 Å². The van der Waals surface area contributed by atoms with Crippen LogP contribution in [-0.4, -0.2) is 71.2 Å². The summed E-state index contributed by atoms with van der Waals surface area (Å²) in [5, 5.41) is 3.19. The molecule has 1 atom stereocenters. The molecular weight excluding hydrogens is 388 g/mol. The minimum absolute atomic E-state index is 0.0227. The highest BCUT2D eigenvalue weighted by molar-refractivity contribution is 6.06. The number of carbonyl (C=O) groups excluding carboxylic acids is 3. The van der Waals surface area contributed by atoms with E-state index in [2.05, 4.69) is 10.3 Å². The number of ether oxygens (including phenoxy) is 2. The molecule has 30 heavy (non-hydrogen) atoms. The minimum atomic E-state index is -1.09. The maximum atomic E-state index is 13.4. The number of fused-ring (bicyclic) bond motifs is 1. The van der Waals surface area contributed by atoms with Gasteiger partial charge in [0.2, 0.25) is 5.91 Å². The Morgan fingerprint density at radius 1 is 1.23 bits per heavy atom. The van der Waals surface area contributed by atoms with Gasteiger partial charge in [0.15, 0.2) is 5.69 Å². The van der Waals surface area contributed by atoms with Crippen LogP contribution in [0.3, 0.4) is 0 Å². The number of nitrogens with one attached hydrogen (secondary N) is 1. The molecule has 166 valence electrons. The van der Waals surface area contributed by atoms with Gasteiger partial charge in [0, 0.05) is 26.3 Å². The maximum Gasteiger partial charge on any atom is 0.359 e. The van der Waals surface area contributed by atoms with Crippen molar-refractivity contribution >= 4 is 17.8 Å². The van der Waals surface area contributed by atoms with E-state index in [0.717, 1.165) is 25.7 Å². The second-order valence-corrected chi connectivity index (χ2v) is 8.30. The average Bonchev–Trinajstić information content (AvgIpc) is 2.98. The molecule has 2 amide bonds. The first kappa shape index (κ1) is 22.3. The Balaban J connectivity index is 1.89. The fraction of sp³-hybridized carbons (Fsp3) is 0.714. The van der Waals surface area contributed by atoms with Crippen molar-refractivity contribution in [2.75, 3.05) is 27.4 Å². The standard InChI is InChI=1S/C21H32N4O5/c1-21(20(28)23-15-9-6-4-5-7-10-15)13-24-14-22-16(19(27)30-3)17(24)18(26)25(21)11-8-12-29-2/h14-15H,4-13H2,1-3H3,(H,23,28). The van der Waals surface area contributed by atoms with Crippen LogP contribution in [0.2, 0.25) is 0 Å². The fourth-order valence-corrected chi connectivity index (χ4v) is 4.42. The number of aromatic nitrogens is 2. The zero-order chi connectivity index (χ0) is 21.7. The lowest BCUT2D eigenvalue weighted by atomic mass is 9.93. The normalized spacial score (nSPS) is 22.4. The number of methoxy groups -OCH3 is 2. The SMILES string of the molecule is COCCCN1C(=O)c2c(C(=O)OC)ncn2CC1(C)C(=O)NC1CCCCCC1. The molecule has 0 aromatic carbocycles. The van der Waals surface area contributed by atoms with Crippen LogP contribution >= 0.6 is 0 Å². The van der Waals surface area contributed by atoms with Crippen LogP contribution in [0.5, 0.6) is 0 Å². The van der Waals surface area contributed by atoms with Crippen molar-refractivity contribution in [2.24, 2.45) is 0 Å². The summed E-state index contributed by atoms with van der Waals surface area (Å²) in [6.45, 7) is 2.81. The van der Waals surface area contributed by atoms with Crippen molar-refractivity contribution in [3.63, 3.8) is 0 Å². The molecule has 0 radical (unpaired) electrons. The molecule has 1 saturated carbocycles. The number of carbonyl (C=O) groups is 3. The molecule has 3 rings (SSSR count). The molecule has 9 heteroatoms. The van der Waals surface area contributed by atoms with Crippen molar-refractivity contribution in [1.29, 1.82) is 0 Å². The molecule has 0 saturated heterocycles. The summed E-state index contributed by atoms with van der Waals surface area (Å²) < 4.78 is 11.5. The summed E-state index contributed by atoms with van der Waals surface area (Å²) in [5.41, 5.74) is -0.942. The van der Waals surface area contributed by atoms with E-state index in [1.807, 2.05) is 0 Å². The molecule has 1 unspecified atom stereocenters. The number of imidazole rings is 1. The second kappa shape index (κ2) is 9.59. The molecule has 1 fully saturated rings. The number of hydrogen-bond acceptors (Lipinski definition) is 6. The summed E-state index contributed by atoms with van der Waals surface area (Å²) in [6.07, 6.45) is 8.53. The monoisotopic (exact) mass is 420 g/mol. The summed E-state index contributed by atoms with van der Waals surface area (Å²) in [6, 6.07) is 0.127. The Morgan fingerprint density at radius 2 is 1.93 bits per heavy atom. The first-order valence-electron chi connectivity index (χ1n) is 10.7. The van der Waals surface area contributed by atoms with Crippen molar-refractivity contribution in [3.05, 3.63) is 17.7 Å². The van der Waals surface area contributed by atoms with Crippen LogP contribution in [0.15, 0.2) is 6.33 Å². The highest BCUT2D eigenvalue weighted by atomic mass is 16.5. The van der Waals surface area contributed by atoms with Gasteiger partial charge < -0.3 is 24.3 Å². The quantitative estimate of drug-likeness (QED) is 0.410. The molecule has 1 aliphatic heterocycles. The molecule has 1 aliphatic carbocycles. The lowest BCUT2D eigenvalue weighted by Crippen LogP contribution is -2.65. The van der Waals surface area contributed by atoms with Gasteiger partial charge in [-0.15, -0.1) is 0 Å².